The van der Waals surface area contributed by atoms with Gasteiger partial charge in [0.2, 0.25) is 0 Å². The summed E-state index contributed by atoms with van der Waals surface area (Å²) in [6.45, 7) is 5.98. The maximum Gasteiger partial charge on any atom is 0.191 e. The Morgan fingerprint density at radius 3 is 2.83 bits per heavy atom. The highest BCUT2D eigenvalue weighted by molar-refractivity contribution is 14.0. The summed E-state index contributed by atoms with van der Waals surface area (Å²) in [4.78, 5) is 4.17. The molecule has 2 rings (SSSR count). The molecule has 0 aromatic rings. The molecule has 18 heavy (non-hydrogen) atoms. The molecule has 1 aliphatic carbocycles. The molecule has 1 saturated heterocycles. The molecule has 5 nitrogen and oxygen atoms in total. The summed E-state index contributed by atoms with van der Waals surface area (Å²) in [5, 5.41) is 15.3. The van der Waals surface area contributed by atoms with Crippen molar-refractivity contribution in [3.8, 4) is 0 Å². The van der Waals surface area contributed by atoms with Crippen molar-refractivity contribution >= 4 is 29.9 Å². The molecule has 0 spiro atoms. The van der Waals surface area contributed by atoms with Gasteiger partial charge in [-0.05, 0) is 6.42 Å². The topological polar surface area (TPSA) is 65.9 Å². The summed E-state index contributed by atoms with van der Waals surface area (Å²) >= 11 is 0. The fourth-order valence-electron chi connectivity index (χ4n) is 3.13. The highest BCUT2D eigenvalue weighted by atomic mass is 127. The summed E-state index contributed by atoms with van der Waals surface area (Å²) in [6, 6.07) is 0.403. The van der Waals surface area contributed by atoms with Crippen LogP contribution in [0.15, 0.2) is 4.99 Å². The molecule has 0 aromatic heterocycles. The van der Waals surface area contributed by atoms with Crippen LogP contribution in [0.1, 0.15) is 20.3 Å². The number of nitrogens with zero attached hydrogens (tertiary/aromatic N) is 1. The molecular formula is C12H24IN3O2. The quantitative estimate of drug-likeness (QED) is 0.387. The van der Waals surface area contributed by atoms with E-state index in [0.717, 1.165) is 19.0 Å². The van der Waals surface area contributed by atoms with Gasteiger partial charge in [0.25, 0.3) is 0 Å². The van der Waals surface area contributed by atoms with Gasteiger partial charge < -0.3 is 20.5 Å². The van der Waals surface area contributed by atoms with Crippen LogP contribution in [0.2, 0.25) is 0 Å². The van der Waals surface area contributed by atoms with Crippen molar-refractivity contribution in [2.24, 2.45) is 16.3 Å². The number of aliphatic imine (C=N–C) groups is 1. The lowest BCUT2D eigenvalue weighted by molar-refractivity contribution is -0.106. The van der Waals surface area contributed by atoms with Crippen molar-refractivity contribution in [1.29, 1.82) is 0 Å². The molecule has 0 bridgehead atoms. The van der Waals surface area contributed by atoms with Crippen LogP contribution in [-0.4, -0.2) is 50.0 Å². The Morgan fingerprint density at radius 2 is 2.22 bits per heavy atom. The number of aliphatic hydroxyl groups excluding tert-OH is 1. The Balaban J connectivity index is 0.00000162. The van der Waals surface area contributed by atoms with Gasteiger partial charge in [0.05, 0.1) is 12.7 Å². The van der Waals surface area contributed by atoms with Crippen LogP contribution >= 0.6 is 24.0 Å². The lowest BCUT2D eigenvalue weighted by atomic mass is 9.57. The minimum absolute atomic E-state index is 0. The van der Waals surface area contributed by atoms with E-state index in [1.165, 1.54) is 0 Å². The van der Waals surface area contributed by atoms with Gasteiger partial charge in [-0.25, -0.2) is 0 Å². The molecule has 3 unspecified atom stereocenters. The summed E-state index contributed by atoms with van der Waals surface area (Å²) in [5.74, 6) is 1.36. The lowest BCUT2D eigenvalue weighted by Crippen LogP contribution is -2.68. The second kappa shape index (κ2) is 6.38. The van der Waals surface area contributed by atoms with Gasteiger partial charge in [-0.15, -0.1) is 24.0 Å². The zero-order chi connectivity index (χ0) is 12.5. The second-order valence-corrected chi connectivity index (χ2v) is 5.41. The average Bonchev–Trinajstić information content (AvgIpc) is 2.76. The van der Waals surface area contributed by atoms with Crippen LogP contribution in [0, 0.1) is 11.3 Å². The monoisotopic (exact) mass is 369 g/mol. The van der Waals surface area contributed by atoms with Crippen molar-refractivity contribution in [2.45, 2.75) is 32.4 Å². The van der Waals surface area contributed by atoms with E-state index in [1.54, 1.807) is 7.05 Å². The molecule has 2 aliphatic rings. The van der Waals surface area contributed by atoms with Crippen molar-refractivity contribution in [3.05, 3.63) is 0 Å². The number of rotatable bonds is 3. The van der Waals surface area contributed by atoms with Crippen LogP contribution < -0.4 is 10.6 Å². The molecule has 1 saturated carbocycles. The van der Waals surface area contributed by atoms with Crippen molar-refractivity contribution in [3.63, 3.8) is 0 Å². The molecule has 1 heterocycles. The zero-order valence-electron chi connectivity index (χ0n) is 11.3. The van der Waals surface area contributed by atoms with E-state index in [1.807, 2.05) is 0 Å². The Bertz CT molecular complexity index is 310. The first-order valence-electron chi connectivity index (χ1n) is 6.31. The highest BCUT2D eigenvalue weighted by Crippen LogP contribution is 2.51. The summed E-state index contributed by atoms with van der Waals surface area (Å²) < 4.78 is 5.75. The fraction of sp³-hybridized carbons (Fsp3) is 0.917. The molecule has 1 aliphatic heterocycles. The van der Waals surface area contributed by atoms with E-state index >= 15 is 0 Å². The number of aliphatic hydroxyl groups is 1. The summed E-state index contributed by atoms with van der Waals surface area (Å²) in [6.07, 6.45) is 1.51. The molecule has 3 atom stereocenters. The molecule has 0 aromatic carbocycles. The Kier molecular flexibility index (Phi) is 5.67. The predicted octanol–water partition coefficient (Wildman–Crippen LogP) is 0.575. The number of fused-ring (bicyclic) bond motifs is 1. The predicted molar refractivity (Wildman–Crippen MR) is 82.4 cm³/mol. The zero-order valence-corrected chi connectivity index (χ0v) is 13.6. The fourth-order valence-corrected chi connectivity index (χ4v) is 3.13. The van der Waals surface area contributed by atoms with Crippen LogP contribution in [0.5, 0.6) is 0 Å². The van der Waals surface area contributed by atoms with Crippen LogP contribution in [0.4, 0.5) is 0 Å². The first kappa shape index (κ1) is 16.0. The molecule has 3 N–H and O–H groups in total. The number of hydrogen-bond acceptors (Lipinski definition) is 3. The Morgan fingerprint density at radius 1 is 1.50 bits per heavy atom. The number of ether oxygens (including phenoxy) is 1. The van der Waals surface area contributed by atoms with Gasteiger partial charge in [-0.3, -0.25) is 4.99 Å². The van der Waals surface area contributed by atoms with Crippen molar-refractivity contribution in [1.82, 2.24) is 10.6 Å². The Labute approximate surface area is 126 Å². The summed E-state index contributed by atoms with van der Waals surface area (Å²) in [5.41, 5.74) is 0.151. The first-order valence-corrected chi connectivity index (χ1v) is 6.31. The normalized spacial score (nSPS) is 33.1. The first-order chi connectivity index (χ1) is 8.11. The second-order valence-electron chi connectivity index (χ2n) is 5.41. The molecule has 106 valence electrons. The maximum absolute atomic E-state index is 8.80. The van der Waals surface area contributed by atoms with Crippen molar-refractivity contribution < 1.29 is 9.84 Å². The largest absolute Gasteiger partial charge is 0.395 e. The summed E-state index contributed by atoms with van der Waals surface area (Å²) in [7, 11) is 1.75. The number of nitrogens with one attached hydrogen (secondary N) is 2. The van der Waals surface area contributed by atoms with Gasteiger partial charge in [-0.2, -0.15) is 0 Å². The van der Waals surface area contributed by atoms with Gasteiger partial charge >= 0.3 is 0 Å². The Hall–Kier alpha value is -0.0800. The van der Waals surface area contributed by atoms with Gasteiger partial charge in [0.1, 0.15) is 0 Å². The van der Waals surface area contributed by atoms with Gasteiger partial charge in [0.15, 0.2) is 5.96 Å². The SMILES string of the molecule is CN=C(NCCO)NC1C2CCOC2C1(C)C.I. The third-order valence-corrected chi connectivity index (χ3v) is 4.02. The van der Waals surface area contributed by atoms with E-state index in [4.69, 9.17) is 9.84 Å². The minimum atomic E-state index is 0. The van der Waals surface area contributed by atoms with E-state index in [9.17, 15) is 0 Å². The molecule has 0 radical (unpaired) electrons. The van der Waals surface area contributed by atoms with Gasteiger partial charge in [0, 0.05) is 37.6 Å². The van der Waals surface area contributed by atoms with E-state index in [0.29, 0.717) is 24.6 Å². The van der Waals surface area contributed by atoms with E-state index in [-0.39, 0.29) is 36.0 Å². The maximum atomic E-state index is 8.80. The van der Waals surface area contributed by atoms with Crippen molar-refractivity contribution in [2.75, 3.05) is 26.8 Å². The lowest BCUT2D eigenvalue weighted by Gasteiger charge is -2.54. The smallest absolute Gasteiger partial charge is 0.191 e. The van der Waals surface area contributed by atoms with Crippen LogP contribution in [0.3, 0.4) is 0 Å². The number of halogens is 1. The van der Waals surface area contributed by atoms with Gasteiger partial charge in [-0.1, -0.05) is 13.8 Å². The van der Waals surface area contributed by atoms with Crippen LogP contribution in [-0.2, 0) is 4.74 Å². The molecule has 0 amide bonds. The third-order valence-electron chi connectivity index (χ3n) is 4.02. The average molecular weight is 369 g/mol. The number of guanidine groups is 1. The number of hydrogen-bond donors (Lipinski definition) is 3. The minimum Gasteiger partial charge on any atom is -0.395 e. The van der Waals surface area contributed by atoms with E-state index in [2.05, 4.69) is 29.5 Å². The molecule has 2 fully saturated rings. The van der Waals surface area contributed by atoms with Crippen LogP contribution in [0.25, 0.3) is 0 Å². The third kappa shape index (κ3) is 2.75. The standard InChI is InChI=1S/C12H23N3O2.HI/c1-12(2)9(8-4-7-17-10(8)12)15-11(13-3)14-5-6-16;/h8-10,16H,4-7H2,1-3H3,(H2,13,14,15);1H. The molecular weight excluding hydrogens is 345 g/mol. The van der Waals surface area contributed by atoms with E-state index < -0.39 is 0 Å². The molecule has 6 heteroatoms. The highest BCUT2D eigenvalue weighted by Gasteiger charge is 2.59.